The first kappa shape index (κ1) is 14.6. The van der Waals surface area contributed by atoms with Crippen molar-refractivity contribution in [3.8, 4) is 0 Å². The van der Waals surface area contributed by atoms with Crippen LogP contribution in [0.5, 0.6) is 0 Å². The molecule has 0 aromatic heterocycles. The molecule has 5 heteroatoms. The molecule has 0 unspecified atom stereocenters. The van der Waals surface area contributed by atoms with Gasteiger partial charge in [-0.3, -0.25) is 0 Å². The molecule has 110 valence electrons. The summed E-state index contributed by atoms with van der Waals surface area (Å²) in [5.74, 6) is -0.851. The van der Waals surface area contributed by atoms with Gasteiger partial charge < -0.3 is 14.6 Å². The number of aliphatic hydroxyl groups excluding tert-OH is 1. The van der Waals surface area contributed by atoms with Crippen molar-refractivity contribution in [2.24, 2.45) is 11.8 Å². The van der Waals surface area contributed by atoms with Crippen molar-refractivity contribution >= 4 is 11.9 Å². The number of methoxy groups -OCH3 is 1. The molecule has 0 amide bonds. The van der Waals surface area contributed by atoms with E-state index >= 15 is 0 Å². The third-order valence-electron chi connectivity index (χ3n) is 4.03. The Hall–Kier alpha value is -1.78. The van der Waals surface area contributed by atoms with Gasteiger partial charge in [0.05, 0.1) is 19.3 Å². The largest absolute Gasteiger partial charge is 0.511 e. The normalized spacial score (nSPS) is 25.6. The fourth-order valence-corrected chi connectivity index (χ4v) is 3.08. The van der Waals surface area contributed by atoms with E-state index < -0.39 is 11.9 Å². The molecule has 1 saturated carbocycles. The van der Waals surface area contributed by atoms with Crippen molar-refractivity contribution in [3.05, 3.63) is 23.0 Å². The molecule has 0 aliphatic heterocycles. The Bertz CT molecular complexity index is 475. The minimum absolute atomic E-state index is 0.0600. The molecule has 1 N–H and O–H groups in total. The van der Waals surface area contributed by atoms with Gasteiger partial charge >= 0.3 is 11.9 Å². The zero-order valence-electron chi connectivity index (χ0n) is 11.8. The van der Waals surface area contributed by atoms with E-state index in [4.69, 9.17) is 9.47 Å². The maximum Gasteiger partial charge on any atom is 0.341 e. The SMILES string of the molecule is CCOC(=O)C1=C(O)[C@H]2CCC[C@H]2CC(C(=O)OC)=C1. The average Bonchev–Trinajstić information content (AvgIpc) is 2.85. The number of ether oxygens (including phenoxy) is 2. The molecule has 0 heterocycles. The van der Waals surface area contributed by atoms with Crippen LogP contribution >= 0.6 is 0 Å². The van der Waals surface area contributed by atoms with Crippen LogP contribution in [-0.4, -0.2) is 30.8 Å². The van der Waals surface area contributed by atoms with E-state index in [2.05, 4.69) is 0 Å². The van der Waals surface area contributed by atoms with E-state index in [9.17, 15) is 14.7 Å². The molecule has 0 aromatic rings. The van der Waals surface area contributed by atoms with Crippen LogP contribution in [0.15, 0.2) is 23.0 Å². The van der Waals surface area contributed by atoms with Gasteiger partial charge in [0, 0.05) is 11.5 Å². The van der Waals surface area contributed by atoms with Crippen LogP contribution in [0.1, 0.15) is 32.6 Å². The van der Waals surface area contributed by atoms with Crippen molar-refractivity contribution in [1.82, 2.24) is 0 Å². The Morgan fingerprint density at radius 1 is 1.35 bits per heavy atom. The van der Waals surface area contributed by atoms with Crippen LogP contribution in [0.25, 0.3) is 0 Å². The number of carbonyl (C=O) groups is 2. The van der Waals surface area contributed by atoms with Crippen LogP contribution in [0.4, 0.5) is 0 Å². The molecule has 0 saturated heterocycles. The summed E-state index contributed by atoms with van der Waals surface area (Å²) in [5.41, 5.74) is 0.526. The van der Waals surface area contributed by atoms with E-state index in [-0.39, 0.29) is 29.8 Å². The average molecular weight is 280 g/mol. The summed E-state index contributed by atoms with van der Waals surface area (Å²) in [6.45, 7) is 1.93. The predicted octanol–water partition coefficient (Wildman–Crippen LogP) is 2.28. The summed E-state index contributed by atoms with van der Waals surface area (Å²) in [5, 5.41) is 10.4. The van der Waals surface area contributed by atoms with Gasteiger partial charge in [-0.25, -0.2) is 9.59 Å². The molecule has 5 nitrogen and oxygen atoms in total. The van der Waals surface area contributed by atoms with Crippen molar-refractivity contribution in [2.45, 2.75) is 32.6 Å². The minimum atomic E-state index is -0.584. The molecule has 2 aliphatic rings. The molecule has 2 rings (SSSR count). The number of aliphatic hydroxyl groups is 1. The first-order valence-corrected chi connectivity index (χ1v) is 6.97. The number of fused-ring (bicyclic) bond motifs is 1. The van der Waals surface area contributed by atoms with E-state index in [1.165, 1.54) is 13.2 Å². The second kappa shape index (κ2) is 6.11. The molecule has 0 radical (unpaired) electrons. The Labute approximate surface area is 118 Å². The second-order valence-corrected chi connectivity index (χ2v) is 5.18. The summed E-state index contributed by atoms with van der Waals surface area (Å²) >= 11 is 0. The Kier molecular flexibility index (Phi) is 4.47. The maximum absolute atomic E-state index is 12.0. The Balaban J connectivity index is 2.41. The molecule has 0 spiro atoms. The van der Waals surface area contributed by atoms with Crippen LogP contribution in [0.2, 0.25) is 0 Å². The van der Waals surface area contributed by atoms with E-state index in [0.717, 1.165) is 19.3 Å². The standard InChI is InChI=1S/C15H20O5/c1-3-20-15(18)12-8-10(14(17)19-2)7-9-5-4-6-11(9)13(12)16/h8-9,11,16H,3-7H2,1-2H3/t9-,11-/m0/s1. The first-order chi connectivity index (χ1) is 9.58. The van der Waals surface area contributed by atoms with Crippen molar-refractivity contribution in [1.29, 1.82) is 0 Å². The third kappa shape index (κ3) is 2.71. The van der Waals surface area contributed by atoms with Gasteiger partial charge in [-0.2, -0.15) is 0 Å². The highest BCUT2D eigenvalue weighted by molar-refractivity contribution is 5.97. The molecular weight excluding hydrogens is 260 g/mol. The van der Waals surface area contributed by atoms with Crippen LogP contribution in [-0.2, 0) is 19.1 Å². The Morgan fingerprint density at radius 3 is 2.75 bits per heavy atom. The fraction of sp³-hybridized carbons (Fsp3) is 0.600. The van der Waals surface area contributed by atoms with Gasteiger partial charge in [0.2, 0.25) is 0 Å². The fourth-order valence-electron chi connectivity index (χ4n) is 3.08. The molecule has 0 bridgehead atoms. The monoisotopic (exact) mass is 280 g/mol. The Morgan fingerprint density at radius 2 is 2.10 bits per heavy atom. The number of rotatable bonds is 3. The van der Waals surface area contributed by atoms with Crippen LogP contribution in [0.3, 0.4) is 0 Å². The second-order valence-electron chi connectivity index (χ2n) is 5.18. The summed E-state index contributed by atoms with van der Waals surface area (Å²) in [6, 6.07) is 0. The highest BCUT2D eigenvalue weighted by atomic mass is 16.5. The number of allylic oxidation sites excluding steroid dienone is 1. The van der Waals surface area contributed by atoms with Gasteiger partial charge in [0.1, 0.15) is 5.76 Å². The maximum atomic E-state index is 12.0. The van der Waals surface area contributed by atoms with Gasteiger partial charge in [-0.15, -0.1) is 0 Å². The topological polar surface area (TPSA) is 72.8 Å². The van der Waals surface area contributed by atoms with Gasteiger partial charge in [0.25, 0.3) is 0 Å². The number of esters is 2. The smallest absolute Gasteiger partial charge is 0.341 e. The number of carbonyl (C=O) groups excluding carboxylic acids is 2. The minimum Gasteiger partial charge on any atom is -0.511 e. The summed E-state index contributed by atoms with van der Waals surface area (Å²) in [4.78, 5) is 23.8. The van der Waals surface area contributed by atoms with Crippen molar-refractivity contribution in [3.63, 3.8) is 0 Å². The third-order valence-corrected chi connectivity index (χ3v) is 4.03. The molecule has 2 atom stereocenters. The number of hydrogen-bond acceptors (Lipinski definition) is 5. The highest BCUT2D eigenvalue weighted by Gasteiger charge is 2.37. The van der Waals surface area contributed by atoms with Gasteiger partial charge in [-0.05, 0) is 38.2 Å². The highest BCUT2D eigenvalue weighted by Crippen LogP contribution is 2.43. The zero-order chi connectivity index (χ0) is 14.7. The first-order valence-electron chi connectivity index (χ1n) is 6.97. The lowest BCUT2D eigenvalue weighted by Gasteiger charge is -2.17. The van der Waals surface area contributed by atoms with Gasteiger partial charge in [-0.1, -0.05) is 6.42 Å². The predicted molar refractivity (Wildman–Crippen MR) is 71.8 cm³/mol. The van der Waals surface area contributed by atoms with Crippen LogP contribution in [0, 0.1) is 11.8 Å². The lowest BCUT2D eigenvalue weighted by atomic mass is 9.90. The zero-order valence-corrected chi connectivity index (χ0v) is 11.8. The van der Waals surface area contributed by atoms with Crippen LogP contribution < -0.4 is 0 Å². The summed E-state index contributed by atoms with van der Waals surface area (Å²) < 4.78 is 9.72. The van der Waals surface area contributed by atoms with Crippen molar-refractivity contribution in [2.75, 3.05) is 13.7 Å². The molecule has 20 heavy (non-hydrogen) atoms. The van der Waals surface area contributed by atoms with Gasteiger partial charge in [0.15, 0.2) is 0 Å². The lowest BCUT2D eigenvalue weighted by Crippen LogP contribution is -2.15. The van der Waals surface area contributed by atoms with Crippen molar-refractivity contribution < 1.29 is 24.2 Å². The van der Waals surface area contributed by atoms with E-state index in [0.29, 0.717) is 12.0 Å². The molecule has 2 aliphatic carbocycles. The number of hydrogen-bond donors (Lipinski definition) is 1. The van der Waals surface area contributed by atoms with E-state index in [1.807, 2.05) is 0 Å². The molecule has 0 aromatic carbocycles. The quantitative estimate of drug-likeness (QED) is 0.803. The summed E-state index contributed by atoms with van der Waals surface area (Å²) in [6.07, 6.45) is 4.73. The molecular formula is C15H20O5. The lowest BCUT2D eigenvalue weighted by molar-refractivity contribution is -0.138. The summed E-state index contributed by atoms with van der Waals surface area (Å²) in [7, 11) is 1.31. The van der Waals surface area contributed by atoms with E-state index in [1.54, 1.807) is 6.92 Å². The molecule has 1 fully saturated rings.